The van der Waals surface area contributed by atoms with Crippen LogP contribution < -0.4 is 16.0 Å². The average molecular weight is 445 g/mol. The summed E-state index contributed by atoms with van der Waals surface area (Å²) in [7, 11) is 0. The number of hydrogen-bond donors (Lipinski definition) is 3. The number of alkyl halides is 4. The van der Waals surface area contributed by atoms with E-state index < -0.39 is 24.2 Å². The lowest BCUT2D eigenvalue weighted by molar-refractivity contribution is -0.140. The van der Waals surface area contributed by atoms with Crippen LogP contribution in [0.4, 0.5) is 19.0 Å². The van der Waals surface area contributed by atoms with Gasteiger partial charge in [-0.3, -0.25) is 9.79 Å². The summed E-state index contributed by atoms with van der Waals surface area (Å²) in [5, 5.41) is 7.94. The molecule has 1 aromatic heterocycles. The molecular formula is C19H24ClF3N6O. The van der Waals surface area contributed by atoms with Crippen LogP contribution in [0.5, 0.6) is 0 Å². The number of carbonyl (C=O) groups is 1. The smallest absolute Gasteiger partial charge is 0.356 e. The molecule has 0 fully saturated rings. The van der Waals surface area contributed by atoms with E-state index in [4.69, 9.17) is 11.6 Å². The topological polar surface area (TPSA) is 91.3 Å². The van der Waals surface area contributed by atoms with E-state index in [1.165, 1.54) is 13.8 Å². The predicted molar refractivity (Wildman–Crippen MR) is 109 cm³/mol. The van der Waals surface area contributed by atoms with Gasteiger partial charge in [0.1, 0.15) is 23.7 Å². The van der Waals surface area contributed by atoms with Crippen LogP contribution in [-0.4, -0.2) is 51.9 Å². The number of fused-ring (bicyclic) bond motifs is 1. The molecule has 3 heterocycles. The number of anilines is 1. The van der Waals surface area contributed by atoms with Gasteiger partial charge in [0.05, 0.1) is 11.9 Å². The molecule has 0 spiro atoms. The van der Waals surface area contributed by atoms with Gasteiger partial charge >= 0.3 is 6.18 Å². The quantitative estimate of drug-likeness (QED) is 0.607. The maximum Gasteiger partial charge on any atom is 0.405 e. The highest BCUT2D eigenvalue weighted by atomic mass is 35.5. The number of aromatic nitrogens is 2. The molecule has 0 bridgehead atoms. The fourth-order valence-corrected chi connectivity index (χ4v) is 3.52. The number of rotatable bonds is 5. The van der Waals surface area contributed by atoms with Crippen molar-refractivity contribution in [2.75, 3.05) is 18.4 Å². The Morgan fingerprint density at radius 1 is 1.30 bits per heavy atom. The number of amides is 1. The molecule has 164 valence electrons. The molecule has 7 nitrogen and oxygen atoms in total. The monoisotopic (exact) mass is 444 g/mol. The van der Waals surface area contributed by atoms with E-state index in [0.29, 0.717) is 35.9 Å². The summed E-state index contributed by atoms with van der Waals surface area (Å²) in [4.78, 5) is 25.9. The number of aryl methyl sites for hydroxylation is 1. The van der Waals surface area contributed by atoms with Crippen LogP contribution in [0.15, 0.2) is 11.2 Å². The van der Waals surface area contributed by atoms with Crippen LogP contribution in [-0.2, 0) is 4.79 Å². The van der Waals surface area contributed by atoms with E-state index in [2.05, 4.69) is 25.6 Å². The molecule has 1 aromatic rings. The third-order valence-corrected chi connectivity index (χ3v) is 5.44. The third-order valence-electron chi connectivity index (χ3n) is 5.13. The third kappa shape index (κ3) is 4.85. The first-order valence-electron chi connectivity index (χ1n) is 9.51. The van der Waals surface area contributed by atoms with Gasteiger partial charge in [-0.25, -0.2) is 9.97 Å². The van der Waals surface area contributed by atoms with Gasteiger partial charge in [-0.2, -0.15) is 13.2 Å². The highest BCUT2D eigenvalue weighted by Crippen LogP contribution is 2.34. The van der Waals surface area contributed by atoms with Crippen LogP contribution in [0.25, 0.3) is 5.57 Å². The molecule has 2 aliphatic rings. The van der Waals surface area contributed by atoms with Crippen molar-refractivity contribution in [1.82, 2.24) is 20.6 Å². The minimum atomic E-state index is -4.48. The van der Waals surface area contributed by atoms with Gasteiger partial charge in [0.25, 0.3) is 0 Å². The Hall–Kier alpha value is -2.36. The Balaban J connectivity index is 1.84. The largest absolute Gasteiger partial charge is 0.405 e. The number of amidine groups is 1. The Labute approximate surface area is 177 Å². The van der Waals surface area contributed by atoms with Crippen LogP contribution in [0.1, 0.15) is 37.4 Å². The van der Waals surface area contributed by atoms with Crippen LogP contribution in [0.2, 0.25) is 0 Å². The minimum absolute atomic E-state index is 0.0423. The molecule has 2 aliphatic heterocycles. The fraction of sp³-hybridized carbons (Fsp3) is 0.579. The van der Waals surface area contributed by atoms with Crippen LogP contribution in [0, 0.1) is 19.8 Å². The normalized spacial score (nSPS) is 21.3. The molecule has 2 unspecified atom stereocenters. The lowest BCUT2D eigenvalue weighted by Gasteiger charge is -2.28. The Bertz CT molecular complexity index is 912. The molecule has 1 amide bonds. The van der Waals surface area contributed by atoms with Crippen molar-refractivity contribution in [2.45, 2.75) is 51.2 Å². The number of carbonyl (C=O) groups excluding carboxylic acids is 1. The molecule has 0 saturated heterocycles. The maximum atomic E-state index is 12.5. The second kappa shape index (κ2) is 8.05. The summed E-state index contributed by atoms with van der Waals surface area (Å²) in [6.45, 7) is 5.74. The van der Waals surface area contributed by atoms with E-state index >= 15 is 0 Å². The van der Waals surface area contributed by atoms with Gasteiger partial charge in [0, 0.05) is 28.9 Å². The summed E-state index contributed by atoms with van der Waals surface area (Å²) >= 11 is 6.27. The highest BCUT2D eigenvalue weighted by molar-refractivity contribution is 6.21. The summed E-state index contributed by atoms with van der Waals surface area (Å²) in [6, 6.07) is 0. The van der Waals surface area contributed by atoms with Crippen LogP contribution >= 0.6 is 11.6 Å². The molecule has 30 heavy (non-hydrogen) atoms. The first-order chi connectivity index (χ1) is 13.9. The lowest BCUT2D eigenvalue weighted by atomic mass is 9.92. The van der Waals surface area contributed by atoms with Gasteiger partial charge in [0.15, 0.2) is 5.82 Å². The molecule has 3 N–H and O–H groups in total. The van der Waals surface area contributed by atoms with Crippen molar-refractivity contribution in [3.05, 3.63) is 23.3 Å². The zero-order valence-electron chi connectivity index (χ0n) is 17.1. The van der Waals surface area contributed by atoms with Gasteiger partial charge < -0.3 is 16.0 Å². The van der Waals surface area contributed by atoms with E-state index in [1.807, 2.05) is 12.2 Å². The molecule has 3 rings (SSSR count). The Morgan fingerprint density at radius 3 is 2.67 bits per heavy atom. The first-order valence-corrected chi connectivity index (χ1v) is 9.95. The van der Waals surface area contributed by atoms with Gasteiger partial charge in [-0.1, -0.05) is 0 Å². The molecule has 2 atom stereocenters. The number of hydrogen-bond acceptors (Lipinski definition) is 6. The SMILES string of the molecule is Cc1nc(C2=CNC3=NCC(Cl)CC23)nc(NC(C)(C)C(=O)NCC(F)(F)F)c1C. The first kappa shape index (κ1) is 22.3. The Kier molecular flexibility index (Phi) is 5.99. The van der Waals surface area contributed by atoms with Gasteiger partial charge in [0.2, 0.25) is 5.91 Å². The zero-order valence-corrected chi connectivity index (χ0v) is 17.9. The van der Waals surface area contributed by atoms with Crippen molar-refractivity contribution in [3.63, 3.8) is 0 Å². The molecule has 0 saturated carbocycles. The van der Waals surface area contributed by atoms with Gasteiger partial charge in [-0.15, -0.1) is 11.6 Å². The summed E-state index contributed by atoms with van der Waals surface area (Å²) in [5.74, 6) is 0.838. The number of halogens is 4. The van der Waals surface area contributed by atoms with Crippen molar-refractivity contribution in [1.29, 1.82) is 0 Å². The fourth-order valence-electron chi connectivity index (χ4n) is 3.28. The molecular weight excluding hydrogens is 421 g/mol. The lowest BCUT2D eigenvalue weighted by Crippen LogP contribution is -2.50. The van der Waals surface area contributed by atoms with Crippen molar-refractivity contribution in [3.8, 4) is 0 Å². The summed E-state index contributed by atoms with van der Waals surface area (Å²) < 4.78 is 37.4. The van der Waals surface area contributed by atoms with E-state index in [-0.39, 0.29) is 11.3 Å². The van der Waals surface area contributed by atoms with Crippen molar-refractivity contribution in [2.24, 2.45) is 10.9 Å². The average Bonchev–Trinajstić information content (AvgIpc) is 3.05. The number of nitrogens with one attached hydrogen (secondary N) is 3. The molecule has 0 radical (unpaired) electrons. The van der Waals surface area contributed by atoms with E-state index in [1.54, 1.807) is 13.1 Å². The van der Waals surface area contributed by atoms with E-state index in [9.17, 15) is 18.0 Å². The maximum absolute atomic E-state index is 12.5. The molecule has 11 heteroatoms. The molecule has 0 aliphatic carbocycles. The Morgan fingerprint density at radius 2 is 2.00 bits per heavy atom. The number of aliphatic imine (C=N–C) groups is 1. The second-order valence-corrected chi connectivity index (χ2v) is 8.63. The summed E-state index contributed by atoms with van der Waals surface area (Å²) in [6.07, 6.45) is -1.99. The number of nitrogens with zero attached hydrogens (tertiary/aromatic N) is 3. The van der Waals surface area contributed by atoms with Crippen molar-refractivity contribution >= 4 is 34.7 Å². The zero-order chi connectivity index (χ0) is 22.3. The molecule has 0 aromatic carbocycles. The predicted octanol–water partition coefficient (Wildman–Crippen LogP) is 2.93. The standard InChI is InChI=1S/C19H24ClF3N6O/c1-9-10(2)27-16(13-7-25-15-12(13)5-11(20)6-24-15)28-14(9)29-18(3,4)17(30)26-8-19(21,22)23/h7,11-12H,5-6,8H2,1-4H3,(H,24,25)(H,26,30)(H,27,28,29). The van der Waals surface area contributed by atoms with E-state index in [0.717, 1.165) is 11.4 Å². The van der Waals surface area contributed by atoms with Crippen molar-refractivity contribution < 1.29 is 18.0 Å². The minimum Gasteiger partial charge on any atom is -0.356 e. The van der Waals surface area contributed by atoms with Crippen LogP contribution in [0.3, 0.4) is 0 Å². The second-order valence-electron chi connectivity index (χ2n) is 8.01. The van der Waals surface area contributed by atoms with Gasteiger partial charge in [-0.05, 0) is 34.1 Å². The summed E-state index contributed by atoms with van der Waals surface area (Å²) in [5.41, 5.74) is 0.910. The highest BCUT2D eigenvalue weighted by Gasteiger charge is 2.36.